The second-order valence-electron chi connectivity index (χ2n) is 15.9. The monoisotopic (exact) mass is 793 g/mol. The summed E-state index contributed by atoms with van der Waals surface area (Å²) in [6.07, 6.45) is 5.35. The number of hydrogen-bond donors (Lipinski definition) is 0. The molecule has 7 heteroatoms. The number of aromatic nitrogens is 5. The summed E-state index contributed by atoms with van der Waals surface area (Å²) in [4.78, 5) is 27.8. The molecular weight excluding hydrogens is 759 g/mol. The van der Waals surface area contributed by atoms with Crippen LogP contribution in [0.15, 0.2) is 152 Å². The molecule has 12 rings (SSSR count). The van der Waals surface area contributed by atoms with Crippen molar-refractivity contribution in [1.82, 2.24) is 24.9 Å². The number of allylic oxidation sites excluding steroid dienone is 1. The van der Waals surface area contributed by atoms with Crippen LogP contribution in [0.2, 0.25) is 0 Å². The van der Waals surface area contributed by atoms with Gasteiger partial charge in [-0.25, -0.2) is 24.9 Å². The molecule has 0 radical (unpaired) electrons. The summed E-state index contributed by atoms with van der Waals surface area (Å²) < 4.78 is 3.53. The first kappa shape index (κ1) is 34.4. The minimum atomic E-state index is -0.123. The average Bonchev–Trinajstić information content (AvgIpc) is 3.94. The van der Waals surface area contributed by atoms with Crippen molar-refractivity contribution in [1.29, 1.82) is 0 Å². The van der Waals surface area contributed by atoms with Gasteiger partial charge in [-0.05, 0) is 58.5 Å². The van der Waals surface area contributed by atoms with Crippen LogP contribution in [-0.4, -0.2) is 24.9 Å². The molecule has 2 aliphatic carbocycles. The van der Waals surface area contributed by atoms with E-state index in [1.54, 1.807) is 11.3 Å². The molecule has 0 bridgehead atoms. The summed E-state index contributed by atoms with van der Waals surface area (Å²) in [6, 6.07) is 51.3. The third-order valence-corrected chi connectivity index (χ3v) is 14.4. The highest BCUT2D eigenvalue weighted by molar-refractivity contribution is 7.26. The van der Waals surface area contributed by atoms with Gasteiger partial charge in [-0.2, -0.15) is 0 Å². The third kappa shape index (κ3) is 5.38. The summed E-state index contributed by atoms with van der Waals surface area (Å²) in [7, 11) is 0. The zero-order valence-corrected chi connectivity index (χ0v) is 34.0. The fourth-order valence-electron chi connectivity index (χ4n) is 9.25. The number of thiophene rings is 2. The molecule has 0 aliphatic heterocycles. The first-order valence-electron chi connectivity index (χ1n) is 20.0. The number of nitrogens with zero attached hydrogens (tertiary/aromatic N) is 5. The molecule has 0 spiro atoms. The van der Waals surface area contributed by atoms with Crippen LogP contribution < -0.4 is 0 Å². The van der Waals surface area contributed by atoms with Gasteiger partial charge in [-0.3, -0.25) is 0 Å². The number of benzene rings is 6. The highest BCUT2D eigenvalue weighted by Gasteiger charge is 2.36. The molecular formula is C52H35N5S2. The van der Waals surface area contributed by atoms with Gasteiger partial charge in [0.2, 0.25) is 0 Å². The van der Waals surface area contributed by atoms with Crippen molar-refractivity contribution in [2.24, 2.45) is 0 Å². The summed E-state index contributed by atoms with van der Waals surface area (Å²) in [5.74, 6) is 2.71. The number of hydrogen-bond acceptors (Lipinski definition) is 7. The molecule has 5 nitrogen and oxygen atoms in total. The largest absolute Gasteiger partial charge is 0.231 e. The summed E-state index contributed by atoms with van der Waals surface area (Å²) in [6.45, 7) is 4.68. The second-order valence-corrected chi connectivity index (χ2v) is 18.1. The average molecular weight is 794 g/mol. The Bertz CT molecular complexity index is 3290. The predicted molar refractivity (Wildman–Crippen MR) is 245 cm³/mol. The number of fused-ring (bicyclic) bond motifs is 9. The van der Waals surface area contributed by atoms with E-state index < -0.39 is 0 Å². The number of rotatable bonds is 5. The second kappa shape index (κ2) is 13.2. The normalized spacial score (nSPS) is 15.1. The molecule has 4 aromatic heterocycles. The van der Waals surface area contributed by atoms with E-state index >= 15 is 0 Å². The van der Waals surface area contributed by atoms with Crippen molar-refractivity contribution in [3.05, 3.63) is 179 Å². The van der Waals surface area contributed by atoms with Crippen LogP contribution in [0.1, 0.15) is 53.6 Å². The van der Waals surface area contributed by atoms with Crippen LogP contribution in [0.5, 0.6) is 0 Å². The Hall–Kier alpha value is -6.67. The minimum Gasteiger partial charge on any atom is -0.231 e. The van der Waals surface area contributed by atoms with Crippen molar-refractivity contribution < 1.29 is 0 Å². The molecule has 280 valence electrons. The van der Waals surface area contributed by atoms with Crippen LogP contribution in [-0.2, 0) is 5.41 Å². The molecule has 10 aromatic rings. The van der Waals surface area contributed by atoms with E-state index in [1.165, 1.54) is 47.5 Å². The van der Waals surface area contributed by atoms with Crippen molar-refractivity contribution in [2.45, 2.75) is 31.6 Å². The van der Waals surface area contributed by atoms with E-state index in [0.29, 0.717) is 17.5 Å². The van der Waals surface area contributed by atoms with E-state index in [-0.39, 0.29) is 11.3 Å². The van der Waals surface area contributed by atoms with Crippen molar-refractivity contribution in [3.63, 3.8) is 0 Å². The molecule has 0 saturated carbocycles. The maximum absolute atomic E-state index is 5.64. The highest BCUT2D eigenvalue weighted by atomic mass is 32.1. The lowest BCUT2D eigenvalue weighted by Crippen LogP contribution is -2.15. The highest BCUT2D eigenvalue weighted by Crippen LogP contribution is 2.51. The van der Waals surface area contributed by atoms with Crippen LogP contribution in [0, 0.1) is 0 Å². The van der Waals surface area contributed by atoms with Crippen molar-refractivity contribution in [3.8, 4) is 56.5 Å². The predicted octanol–water partition coefficient (Wildman–Crippen LogP) is 13.8. The molecule has 2 aliphatic rings. The quantitative estimate of drug-likeness (QED) is 0.174. The summed E-state index contributed by atoms with van der Waals surface area (Å²) in [5.41, 5.74) is 12.5. The topological polar surface area (TPSA) is 64.5 Å². The summed E-state index contributed by atoms with van der Waals surface area (Å²) in [5, 5.41) is 2.32. The molecule has 6 aromatic carbocycles. The fraction of sp³-hybridized carbons (Fsp3) is 0.0962. The molecule has 59 heavy (non-hydrogen) atoms. The molecule has 0 N–H and O–H groups in total. The molecule has 0 amide bonds. The van der Waals surface area contributed by atoms with Gasteiger partial charge in [-0.15, -0.1) is 22.7 Å². The van der Waals surface area contributed by atoms with Crippen LogP contribution in [0.4, 0.5) is 0 Å². The van der Waals surface area contributed by atoms with Crippen molar-refractivity contribution in [2.75, 3.05) is 0 Å². The van der Waals surface area contributed by atoms with E-state index in [9.17, 15) is 0 Å². The maximum atomic E-state index is 5.64. The van der Waals surface area contributed by atoms with Gasteiger partial charge >= 0.3 is 0 Å². The molecule has 1 unspecified atom stereocenters. The maximum Gasteiger partial charge on any atom is 0.164 e. The Balaban J connectivity index is 1.07. The Kier molecular flexibility index (Phi) is 7.68. The lowest BCUT2D eigenvalue weighted by Gasteiger charge is -2.22. The minimum absolute atomic E-state index is 0.0779. The SMILES string of the molecule is CC1(C)c2ccccc2-c2ccc(-c3nc(C4CC=Cc5sc6cccc(-c7nc(-c8ccccc8)nc(-c8ccccc8)n7)c6c54)nc4c3sc3ccccc34)cc21. The fourth-order valence-corrected chi connectivity index (χ4v) is 11.6. The van der Waals surface area contributed by atoms with E-state index in [4.69, 9.17) is 24.9 Å². The van der Waals surface area contributed by atoms with Crippen molar-refractivity contribution >= 4 is 59.1 Å². The van der Waals surface area contributed by atoms with Gasteiger partial charge in [0.05, 0.1) is 15.9 Å². The smallest absolute Gasteiger partial charge is 0.164 e. The van der Waals surface area contributed by atoms with Gasteiger partial charge in [0.15, 0.2) is 17.5 Å². The Morgan fingerprint density at radius 1 is 0.542 bits per heavy atom. The lowest BCUT2D eigenvalue weighted by molar-refractivity contribution is 0.660. The van der Waals surface area contributed by atoms with Crippen LogP contribution >= 0.6 is 22.7 Å². The molecule has 4 heterocycles. The Morgan fingerprint density at radius 3 is 2.00 bits per heavy atom. The van der Waals surface area contributed by atoms with Gasteiger partial charge in [0.25, 0.3) is 0 Å². The standard InChI is InChI=1S/C52H35N5S2/c1-52(2)38-23-11-9-19-33(38)34-28-27-32(29-39(34)52)45-47-46(35-20-10-12-24-40(35)59-47)54-50(53-45)36-21-13-25-41-43(36)44-37(22-14-26-42(44)58-41)51-56-48(30-15-5-3-6-16-30)55-49(57-51)31-17-7-4-8-18-31/h3-20,22-29,36H,21H2,1-2H3. The lowest BCUT2D eigenvalue weighted by atomic mass is 9.82. The summed E-state index contributed by atoms with van der Waals surface area (Å²) >= 11 is 3.60. The van der Waals surface area contributed by atoms with Crippen LogP contribution in [0.3, 0.4) is 0 Å². The van der Waals surface area contributed by atoms with Gasteiger partial charge in [-0.1, -0.05) is 147 Å². The zero-order chi connectivity index (χ0) is 39.2. The third-order valence-electron chi connectivity index (χ3n) is 12.1. The molecule has 1 atom stereocenters. The van der Waals surface area contributed by atoms with Gasteiger partial charge in [0, 0.05) is 58.6 Å². The Labute approximate surface area is 349 Å². The van der Waals surface area contributed by atoms with E-state index in [2.05, 4.69) is 135 Å². The Morgan fingerprint density at radius 2 is 1.20 bits per heavy atom. The van der Waals surface area contributed by atoms with Gasteiger partial charge in [0.1, 0.15) is 5.82 Å². The first-order valence-corrected chi connectivity index (χ1v) is 21.7. The zero-order valence-electron chi connectivity index (χ0n) is 32.3. The molecule has 0 saturated heterocycles. The van der Waals surface area contributed by atoms with Crippen LogP contribution in [0.25, 0.3) is 93.0 Å². The van der Waals surface area contributed by atoms with Gasteiger partial charge < -0.3 is 0 Å². The van der Waals surface area contributed by atoms with E-state index in [1.807, 2.05) is 47.7 Å². The first-order chi connectivity index (χ1) is 29.0. The van der Waals surface area contributed by atoms with E-state index in [0.717, 1.165) is 55.8 Å². The molecule has 0 fully saturated rings.